The predicted octanol–water partition coefficient (Wildman–Crippen LogP) is 0.438. The number of hydrogen-bond donors (Lipinski definition) is 1. The van der Waals surface area contributed by atoms with Gasteiger partial charge in [-0.1, -0.05) is 11.8 Å². The van der Waals surface area contributed by atoms with Crippen molar-refractivity contribution in [1.82, 2.24) is 20.1 Å². The Kier molecular flexibility index (Phi) is 3.25. The fraction of sp³-hybridized carbons (Fsp3) is 0.667. The Balaban J connectivity index is 1.82. The molecule has 1 aromatic heterocycles. The second kappa shape index (κ2) is 4.65. The quantitative estimate of drug-likeness (QED) is 0.811. The van der Waals surface area contributed by atoms with Crippen LogP contribution in [0.15, 0.2) is 11.3 Å². The third-order valence-electron chi connectivity index (χ3n) is 2.24. The molecule has 1 atom stereocenters. The lowest BCUT2D eigenvalue weighted by Crippen LogP contribution is -2.23. The molecule has 0 amide bonds. The summed E-state index contributed by atoms with van der Waals surface area (Å²) in [4.78, 5) is 4.48. The highest BCUT2D eigenvalue weighted by molar-refractivity contribution is 8.14. The summed E-state index contributed by atoms with van der Waals surface area (Å²) < 4.78 is 1.93. The van der Waals surface area contributed by atoms with Crippen molar-refractivity contribution in [2.24, 2.45) is 12.0 Å². The summed E-state index contributed by atoms with van der Waals surface area (Å²) >= 11 is 1.79. The second-order valence-electron chi connectivity index (χ2n) is 3.65. The number of hydrogen-bond acceptors (Lipinski definition) is 4. The molecule has 1 saturated heterocycles. The molecule has 1 fully saturated rings. The number of aliphatic imine (C=N–C) groups is 1. The number of aryl methyl sites for hydroxylation is 1. The Morgan fingerprint density at radius 1 is 1.73 bits per heavy atom. The summed E-state index contributed by atoms with van der Waals surface area (Å²) in [5.41, 5.74) is 0. The Labute approximate surface area is 93.4 Å². The minimum absolute atomic E-state index is 0.545. The molecule has 6 heteroatoms. The van der Waals surface area contributed by atoms with Crippen LogP contribution in [0.3, 0.4) is 0 Å². The van der Waals surface area contributed by atoms with Gasteiger partial charge < -0.3 is 9.88 Å². The van der Waals surface area contributed by atoms with Crippen LogP contribution < -0.4 is 5.32 Å². The van der Waals surface area contributed by atoms with Gasteiger partial charge in [0.05, 0.1) is 0 Å². The third kappa shape index (κ3) is 2.71. The first-order valence-electron chi connectivity index (χ1n) is 5.02. The van der Waals surface area contributed by atoms with Crippen molar-refractivity contribution in [3.8, 4) is 0 Å². The predicted molar refractivity (Wildman–Crippen MR) is 62.1 cm³/mol. The summed E-state index contributed by atoms with van der Waals surface area (Å²) in [5.74, 6) is 2.10. The summed E-state index contributed by atoms with van der Waals surface area (Å²) in [7, 11) is 1.95. The van der Waals surface area contributed by atoms with Crippen molar-refractivity contribution in [3.05, 3.63) is 12.2 Å². The summed E-state index contributed by atoms with van der Waals surface area (Å²) in [6.07, 6.45) is 2.56. The smallest absolute Gasteiger partial charge is 0.156 e. The van der Waals surface area contributed by atoms with Gasteiger partial charge >= 0.3 is 0 Å². The van der Waals surface area contributed by atoms with Crippen LogP contribution >= 0.6 is 11.8 Å². The highest BCUT2D eigenvalue weighted by Gasteiger charge is 2.14. The zero-order valence-electron chi connectivity index (χ0n) is 8.97. The van der Waals surface area contributed by atoms with E-state index in [2.05, 4.69) is 27.4 Å². The zero-order chi connectivity index (χ0) is 10.7. The van der Waals surface area contributed by atoms with E-state index in [-0.39, 0.29) is 0 Å². The van der Waals surface area contributed by atoms with Gasteiger partial charge in [0.1, 0.15) is 12.2 Å². The van der Waals surface area contributed by atoms with Crippen molar-refractivity contribution in [2.45, 2.75) is 19.4 Å². The van der Waals surface area contributed by atoms with Gasteiger partial charge in [0, 0.05) is 31.8 Å². The van der Waals surface area contributed by atoms with Crippen LogP contribution in [0.2, 0.25) is 0 Å². The molecule has 5 nitrogen and oxygen atoms in total. The molecule has 2 rings (SSSR count). The molecule has 1 aliphatic rings. The fourth-order valence-corrected chi connectivity index (χ4v) is 2.34. The van der Waals surface area contributed by atoms with Crippen molar-refractivity contribution in [1.29, 1.82) is 0 Å². The van der Waals surface area contributed by atoms with Gasteiger partial charge in [0.25, 0.3) is 0 Å². The summed E-state index contributed by atoms with van der Waals surface area (Å²) in [6.45, 7) is 2.94. The molecule has 1 aromatic rings. The molecule has 2 heterocycles. The standard InChI is InChI=1S/C9H15N5S/c1-7-5-15-9(12-7)10-4-3-8-13-11-6-14(8)2/h6-7H,3-5H2,1-2H3,(H,10,12). The Morgan fingerprint density at radius 2 is 2.60 bits per heavy atom. The van der Waals surface area contributed by atoms with Gasteiger partial charge in [0.2, 0.25) is 0 Å². The van der Waals surface area contributed by atoms with Crippen LogP contribution in [-0.4, -0.2) is 38.3 Å². The molecular weight excluding hydrogens is 210 g/mol. The average molecular weight is 225 g/mol. The van der Waals surface area contributed by atoms with E-state index in [1.54, 1.807) is 18.1 Å². The Hall–Kier alpha value is -1.04. The molecule has 0 radical (unpaired) electrons. The lowest BCUT2D eigenvalue weighted by atomic mass is 10.4. The van der Waals surface area contributed by atoms with Crippen LogP contribution in [0.4, 0.5) is 0 Å². The van der Waals surface area contributed by atoms with Gasteiger partial charge in [-0.15, -0.1) is 10.2 Å². The lowest BCUT2D eigenvalue weighted by molar-refractivity contribution is 0.754. The van der Waals surface area contributed by atoms with E-state index >= 15 is 0 Å². The van der Waals surface area contributed by atoms with E-state index in [0.717, 1.165) is 29.7 Å². The van der Waals surface area contributed by atoms with Crippen molar-refractivity contribution in [3.63, 3.8) is 0 Å². The summed E-state index contributed by atoms with van der Waals surface area (Å²) in [5, 5.41) is 12.2. The monoisotopic (exact) mass is 225 g/mol. The Bertz CT molecular complexity index is 359. The van der Waals surface area contributed by atoms with Gasteiger partial charge in [0.15, 0.2) is 5.17 Å². The van der Waals surface area contributed by atoms with Crippen LogP contribution in [0.5, 0.6) is 0 Å². The fourth-order valence-electron chi connectivity index (χ4n) is 1.38. The number of rotatable bonds is 3. The number of aromatic nitrogens is 3. The third-order valence-corrected chi connectivity index (χ3v) is 3.42. The van der Waals surface area contributed by atoms with Crippen molar-refractivity contribution in [2.75, 3.05) is 12.3 Å². The molecule has 0 aromatic carbocycles. The second-order valence-corrected chi connectivity index (χ2v) is 4.66. The first-order chi connectivity index (χ1) is 7.25. The minimum atomic E-state index is 0.545. The lowest BCUT2D eigenvalue weighted by Gasteiger charge is -2.01. The van der Waals surface area contributed by atoms with Crippen LogP contribution in [0, 0.1) is 0 Å². The number of nitrogens with zero attached hydrogens (tertiary/aromatic N) is 4. The highest BCUT2D eigenvalue weighted by Crippen LogP contribution is 2.12. The molecule has 1 N–H and O–H groups in total. The van der Waals surface area contributed by atoms with E-state index in [0.29, 0.717) is 6.04 Å². The molecule has 15 heavy (non-hydrogen) atoms. The highest BCUT2D eigenvalue weighted by atomic mass is 32.2. The number of thioether (sulfide) groups is 1. The normalized spacial score (nSPS) is 23.3. The molecule has 0 spiro atoms. The minimum Gasteiger partial charge on any atom is -0.362 e. The maximum absolute atomic E-state index is 4.48. The van der Waals surface area contributed by atoms with Gasteiger partial charge in [-0.2, -0.15) is 0 Å². The largest absolute Gasteiger partial charge is 0.362 e. The van der Waals surface area contributed by atoms with E-state index < -0.39 is 0 Å². The molecule has 0 saturated carbocycles. The van der Waals surface area contributed by atoms with Gasteiger partial charge in [-0.3, -0.25) is 4.99 Å². The number of amidine groups is 1. The maximum atomic E-state index is 4.48. The molecular formula is C9H15N5S. The molecule has 1 aliphatic heterocycles. The van der Waals surface area contributed by atoms with E-state index in [1.165, 1.54) is 0 Å². The molecule has 0 bridgehead atoms. The van der Waals surface area contributed by atoms with E-state index in [1.807, 2.05) is 11.6 Å². The Morgan fingerprint density at radius 3 is 3.20 bits per heavy atom. The van der Waals surface area contributed by atoms with E-state index in [9.17, 15) is 0 Å². The summed E-state index contributed by atoms with van der Waals surface area (Å²) in [6, 6.07) is 0.545. The SMILES string of the molecule is CC1CSC(=NCCc2nncn2C)N1. The van der Waals surface area contributed by atoms with Gasteiger partial charge in [-0.05, 0) is 6.92 Å². The molecule has 1 unspecified atom stereocenters. The van der Waals surface area contributed by atoms with E-state index in [4.69, 9.17) is 0 Å². The number of nitrogens with one attached hydrogen (secondary N) is 1. The first kappa shape index (κ1) is 10.5. The average Bonchev–Trinajstić information content (AvgIpc) is 2.77. The topological polar surface area (TPSA) is 55.1 Å². The van der Waals surface area contributed by atoms with Crippen LogP contribution in [-0.2, 0) is 13.5 Å². The van der Waals surface area contributed by atoms with Crippen LogP contribution in [0.1, 0.15) is 12.7 Å². The zero-order valence-corrected chi connectivity index (χ0v) is 9.79. The van der Waals surface area contributed by atoms with Crippen molar-refractivity contribution >= 4 is 16.9 Å². The van der Waals surface area contributed by atoms with Gasteiger partial charge in [-0.25, -0.2) is 0 Å². The first-order valence-corrected chi connectivity index (χ1v) is 6.01. The van der Waals surface area contributed by atoms with Crippen LogP contribution in [0.25, 0.3) is 0 Å². The molecule has 82 valence electrons. The maximum Gasteiger partial charge on any atom is 0.156 e. The van der Waals surface area contributed by atoms with Crippen molar-refractivity contribution < 1.29 is 0 Å². The molecule has 0 aliphatic carbocycles.